The summed E-state index contributed by atoms with van der Waals surface area (Å²) in [4.78, 5) is 8.22. The first-order valence-corrected chi connectivity index (χ1v) is 7.59. The molecule has 0 radical (unpaired) electrons. The molecule has 4 bridgehead atoms. The Bertz CT molecular complexity index is 265. The second-order valence-electron chi connectivity index (χ2n) is 6.63. The van der Waals surface area contributed by atoms with Gasteiger partial charge in [0.2, 0.25) is 0 Å². The zero-order valence-electron chi connectivity index (χ0n) is 10.9. The number of hydrogen-bond donors (Lipinski definition) is 0. The van der Waals surface area contributed by atoms with Crippen LogP contribution in [-0.2, 0) is 0 Å². The van der Waals surface area contributed by atoms with Gasteiger partial charge in [0.05, 0.1) is 6.67 Å². The number of piperazine rings is 1. The molecule has 0 N–H and O–H groups in total. The first-order valence-electron chi connectivity index (χ1n) is 7.59. The van der Waals surface area contributed by atoms with Crippen molar-refractivity contribution in [1.82, 2.24) is 14.7 Å². The van der Waals surface area contributed by atoms with E-state index in [1.165, 1.54) is 71.5 Å². The summed E-state index contributed by atoms with van der Waals surface area (Å²) in [6.07, 6.45) is 7.39. The molecule has 4 rings (SSSR count). The predicted molar refractivity (Wildman–Crippen MR) is 68.9 cm³/mol. The maximum Gasteiger partial charge on any atom is 0.0512 e. The van der Waals surface area contributed by atoms with E-state index in [1.807, 2.05) is 0 Å². The van der Waals surface area contributed by atoms with Crippen molar-refractivity contribution in [1.29, 1.82) is 0 Å². The number of hydrogen-bond acceptors (Lipinski definition) is 3. The van der Waals surface area contributed by atoms with Crippen molar-refractivity contribution in [3.05, 3.63) is 0 Å². The second kappa shape index (κ2) is 4.22. The number of nitrogens with zero attached hydrogens (tertiary/aromatic N) is 3. The fourth-order valence-electron chi connectivity index (χ4n) is 4.54. The lowest BCUT2D eigenvalue weighted by Gasteiger charge is -2.41. The van der Waals surface area contributed by atoms with Gasteiger partial charge in [0.25, 0.3) is 0 Å². The topological polar surface area (TPSA) is 9.72 Å². The minimum atomic E-state index is 0.878. The summed E-state index contributed by atoms with van der Waals surface area (Å²) < 4.78 is 0. The molecule has 4 fully saturated rings. The highest BCUT2D eigenvalue weighted by atomic mass is 15.4. The molecule has 4 atom stereocenters. The Morgan fingerprint density at radius 2 is 1.71 bits per heavy atom. The van der Waals surface area contributed by atoms with E-state index in [0.717, 1.165) is 18.0 Å². The Morgan fingerprint density at radius 3 is 2.71 bits per heavy atom. The average Bonchev–Trinajstić information content (AvgIpc) is 2.92. The highest BCUT2D eigenvalue weighted by molar-refractivity contribution is 4.92. The van der Waals surface area contributed by atoms with Crippen molar-refractivity contribution in [2.75, 3.05) is 39.4 Å². The van der Waals surface area contributed by atoms with Crippen molar-refractivity contribution >= 4 is 0 Å². The van der Waals surface area contributed by atoms with E-state index < -0.39 is 0 Å². The first-order chi connectivity index (χ1) is 8.38. The van der Waals surface area contributed by atoms with Gasteiger partial charge in [-0.3, -0.25) is 9.80 Å². The quantitative estimate of drug-likeness (QED) is 0.712. The second-order valence-corrected chi connectivity index (χ2v) is 6.63. The van der Waals surface area contributed by atoms with Gasteiger partial charge in [0, 0.05) is 31.7 Å². The normalized spacial score (nSPS) is 46.6. The molecule has 3 heteroatoms. The van der Waals surface area contributed by atoms with Gasteiger partial charge >= 0.3 is 0 Å². The van der Waals surface area contributed by atoms with Crippen LogP contribution in [-0.4, -0.2) is 66.2 Å². The van der Waals surface area contributed by atoms with Crippen LogP contribution in [0.2, 0.25) is 0 Å². The number of fused-ring (bicyclic) bond motifs is 4. The molecule has 0 aromatic heterocycles. The molecule has 0 aromatic rings. The lowest BCUT2D eigenvalue weighted by Crippen LogP contribution is -2.53. The van der Waals surface area contributed by atoms with E-state index in [-0.39, 0.29) is 0 Å². The van der Waals surface area contributed by atoms with E-state index in [2.05, 4.69) is 14.7 Å². The van der Waals surface area contributed by atoms with Gasteiger partial charge in [-0.05, 0) is 51.1 Å². The molecule has 1 saturated carbocycles. The number of piperidine rings is 1. The summed E-state index contributed by atoms with van der Waals surface area (Å²) in [6.45, 7) is 7.99. The maximum absolute atomic E-state index is 2.80. The molecule has 17 heavy (non-hydrogen) atoms. The molecule has 96 valence electrons. The van der Waals surface area contributed by atoms with E-state index in [1.54, 1.807) is 0 Å². The molecular weight excluding hydrogens is 210 g/mol. The molecule has 3 nitrogen and oxygen atoms in total. The molecule has 1 aliphatic carbocycles. The summed E-state index contributed by atoms with van der Waals surface area (Å²) in [6, 6.07) is 1.82. The SMILES string of the molecule is C1CC2CC1CCN2CN1CCN2CCC1C2. The molecule has 4 aliphatic rings. The van der Waals surface area contributed by atoms with Crippen LogP contribution in [0.15, 0.2) is 0 Å². The van der Waals surface area contributed by atoms with Crippen LogP contribution in [0.25, 0.3) is 0 Å². The third kappa shape index (κ3) is 1.92. The van der Waals surface area contributed by atoms with Gasteiger partial charge in [-0.1, -0.05) is 0 Å². The Labute approximate surface area is 105 Å². The van der Waals surface area contributed by atoms with Gasteiger partial charge < -0.3 is 4.90 Å². The van der Waals surface area contributed by atoms with E-state index in [0.29, 0.717) is 0 Å². The van der Waals surface area contributed by atoms with Crippen LogP contribution in [0.3, 0.4) is 0 Å². The van der Waals surface area contributed by atoms with Crippen LogP contribution in [0.4, 0.5) is 0 Å². The lowest BCUT2D eigenvalue weighted by atomic mass is 9.99. The van der Waals surface area contributed by atoms with Gasteiger partial charge in [0.15, 0.2) is 0 Å². The van der Waals surface area contributed by atoms with Gasteiger partial charge in [0.1, 0.15) is 0 Å². The Kier molecular flexibility index (Phi) is 2.67. The zero-order chi connectivity index (χ0) is 11.2. The molecule has 4 unspecified atom stereocenters. The number of likely N-dealkylation sites (tertiary alicyclic amines) is 1. The predicted octanol–water partition coefficient (Wildman–Crippen LogP) is 1.21. The highest BCUT2D eigenvalue weighted by Gasteiger charge is 2.37. The Balaban J connectivity index is 1.40. The molecule has 0 aromatic carbocycles. The van der Waals surface area contributed by atoms with Crippen molar-refractivity contribution in [3.63, 3.8) is 0 Å². The van der Waals surface area contributed by atoms with Crippen LogP contribution in [0.5, 0.6) is 0 Å². The Hall–Kier alpha value is -0.120. The molecule has 0 amide bonds. The smallest absolute Gasteiger partial charge is 0.0512 e. The van der Waals surface area contributed by atoms with Crippen molar-refractivity contribution < 1.29 is 0 Å². The highest BCUT2D eigenvalue weighted by Crippen LogP contribution is 2.36. The molecular formula is C14H25N3. The van der Waals surface area contributed by atoms with E-state index in [4.69, 9.17) is 0 Å². The minimum absolute atomic E-state index is 0.878. The molecule has 0 spiro atoms. The third-order valence-electron chi connectivity index (χ3n) is 5.69. The molecule has 3 saturated heterocycles. The standard InChI is InChI=1S/C14H25N3/c1-2-13-9-12(1)3-6-16(13)11-17-8-7-15-5-4-14(17)10-15/h12-14H,1-11H2. The Morgan fingerprint density at radius 1 is 0.765 bits per heavy atom. The molecule has 3 aliphatic heterocycles. The van der Waals surface area contributed by atoms with Crippen LogP contribution < -0.4 is 0 Å². The molecule has 3 heterocycles. The van der Waals surface area contributed by atoms with Crippen LogP contribution in [0.1, 0.15) is 32.1 Å². The minimum Gasteiger partial charge on any atom is -0.300 e. The van der Waals surface area contributed by atoms with Gasteiger partial charge in [-0.25, -0.2) is 0 Å². The first kappa shape index (κ1) is 10.8. The lowest BCUT2D eigenvalue weighted by molar-refractivity contribution is 0.0317. The summed E-state index contributed by atoms with van der Waals surface area (Å²) >= 11 is 0. The van der Waals surface area contributed by atoms with Crippen LogP contribution in [0, 0.1) is 5.92 Å². The van der Waals surface area contributed by atoms with E-state index >= 15 is 0 Å². The van der Waals surface area contributed by atoms with Crippen LogP contribution >= 0.6 is 0 Å². The van der Waals surface area contributed by atoms with Gasteiger partial charge in [-0.15, -0.1) is 0 Å². The fraction of sp³-hybridized carbons (Fsp3) is 1.00. The monoisotopic (exact) mass is 235 g/mol. The summed E-state index contributed by atoms with van der Waals surface area (Å²) in [5.41, 5.74) is 0. The summed E-state index contributed by atoms with van der Waals surface area (Å²) in [5, 5.41) is 0. The fourth-order valence-corrected chi connectivity index (χ4v) is 4.54. The van der Waals surface area contributed by atoms with Crippen molar-refractivity contribution in [2.45, 2.75) is 44.2 Å². The van der Waals surface area contributed by atoms with Crippen molar-refractivity contribution in [2.24, 2.45) is 5.92 Å². The maximum atomic E-state index is 2.80. The summed E-state index contributed by atoms with van der Waals surface area (Å²) in [5.74, 6) is 1.08. The average molecular weight is 235 g/mol. The number of rotatable bonds is 2. The zero-order valence-corrected chi connectivity index (χ0v) is 10.9. The summed E-state index contributed by atoms with van der Waals surface area (Å²) in [7, 11) is 0. The van der Waals surface area contributed by atoms with Gasteiger partial charge in [-0.2, -0.15) is 0 Å². The van der Waals surface area contributed by atoms with Crippen molar-refractivity contribution in [3.8, 4) is 0 Å². The van der Waals surface area contributed by atoms with E-state index in [9.17, 15) is 0 Å². The largest absolute Gasteiger partial charge is 0.300 e. The third-order valence-corrected chi connectivity index (χ3v) is 5.69.